The highest BCUT2D eigenvalue weighted by atomic mass is 79.9. The second kappa shape index (κ2) is 7.62. The van der Waals surface area contributed by atoms with Gasteiger partial charge in [-0.3, -0.25) is 0 Å². The van der Waals surface area contributed by atoms with Crippen LogP contribution < -0.4 is 5.32 Å². The Morgan fingerprint density at radius 3 is 2.75 bits per heavy atom. The molecule has 1 aromatic heterocycles. The number of hydrogen-bond acceptors (Lipinski definition) is 3. The van der Waals surface area contributed by atoms with Gasteiger partial charge in [0.05, 0.1) is 12.3 Å². The molecule has 2 aromatic rings. The molecule has 0 fully saturated rings. The van der Waals surface area contributed by atoms with Gasteiger partial charge in [-0.15, -0.1) is 0 Å². The predicted octanol–water partition coefficient (Wildman–Crippen LogP) is 3.82. The fourth-order valence-electron chi connectivity index (χ4n) is 2.11. The van der Waals surface area contributed by atoms with Gasteiger partial charge >= 0.3 is 0 Å². The van der Waals surface area contributed by atoms with E-state index in [4.69, 9.17) is 4.42 Å². The van der Waals surface area contributed by atoms with Crippen molar-refractivity contribution in [1.29, 1.82) is 0 Å². The zero-order valence-corrected chi connectivity index (χ0v) is 13.6. The molecule has 20 heavy (non-hydrogen) atoms. The van der Waals surface area contributed by atoms with Crippen molar-refractivity contribution in [2.45, 2.75) is 19.5 Å². The summed E-state index contributed by atoms with van der Waals surface area (Å²) in [5, 5.41) is 3.47. The van der Waals surface area contributed by atoms with Crippen LogP contribution in [0.4, 0.5) is 0 Å². The molecule has 0 bridgehead atoms. The molecule has 0 saturated carbocycles. The summed E-state index contributed by atoms with van der Waals surface area (Å²) < 4.78 is 6.55. The van der Waals surface area contributed by atoms with E-state index >= 15 is 0 Å². The number of likely N-dealkylation sites (N-methyl/N-ethyl adjacent to an activating group) is 1. The highest BCUT2D eigenvalue weighted by molar-refractivity contribution is 9.10. The lowest BCUT2D eigenvalue weighted by Gasteiger charge is -2.19. The van der Waals surface area contributed by atoms with Crippen LogP contribution in [-0.4, -0.2) is 25.0 Å². The lowest BCUT2D eigenvalue weighted by atomic mass is 10.2. The molecule has 1 N–H and O–H groups in total. The highest BCUT2D eigenvalue weighted by Crippen LogP contribution is 2.17. The third kappa shape index (κ3) is 4.47. The average Bonchev–Trinajstić information content (AvgIpc) is 2.95. The van der Waals surface area contributed by atoms with E-state index in [-0.39, 0.29) is 6.04 Å². The van der Waals surface area contributed by atoms with Gasteiger partial charge in [-0.1, -0.05) is 34.1 Å². The molecular weight excluding hydrogens is 316 g/mol. The first-order valence-electron chi connectivity index (χ1n) is 6.85. The minimum Gasteiger partial charge on any atom is -0.468 e. The first-order valence-corrected chi connectivity index (χ1v) is 7.65. The van der Waals surface area contributed by atoms with Gasteiger partial charge in [0.1, 0.15) is 5.76 Å². The fourth-order valence-corrected chi connectivity index (χ4v) is 2.52. The van der Waals surface area contributed by atoms with Gasteiger partial charge in [-0.25, -0.2) is 0 Å². The van der Waals surface area contributed by atoms with E-state index < -0.39 is 0 Å². The minimum absolute atomic E-state index is 0.252. The van der Waals surface area contributed by atoms with Crippen molar-refractivity contribution in [3.05, 3.63) is 58.5 Å². The van der Waals surface area contributed by atoms with E-state index in [9.17, 15) is 0 Å². The summed E-state index contributed by atoms with van der Waals surface area (Å²) in [5.74, 6) is 0.985. The Balaban J connectivity index is 1.73. The summed E-state index contributed by atoms with van der Waals surface area (Å²) >= 11 is 3.59. The quantitative estimate of drug-likeness (QED) is 0.832. The average molecular weight is 337 g/mol. The molecule has 0 radical (unpaired) electrons. The molecule has 0 saturated heterocycles. The Hall–Kier alpha value is -1.10. The molecule has 2 rings (SSSR count). The van der Waals surface area contributed by atoms with Crippen molar-refractivity contribution in [1.82, 2.24) is 10.2 Å². The Morgan fingerprint density at radius 2 is 2.05 bits per heavy atom. The Bertz CT molecular complexity index is 513. The van der Waals surface area contributed by atoms with Crippen molar-refractivity contribution < 1.29 is 4.42 Å². The molecule has 0 spiro atoms. The van der Waals surface area contributed by atoms with Crippen LogP contribution in [0.15, 0.2) is 51.6 Å². The second-order valence-electron chi connectivity index (χ2n) is 5.02. The summed E-state index contributed by atoms with van der Waals surface area (Å²) in [6, 6.07) is 12.5. The summed E-state index contributed by atoms with van der Waals surface area (Å²) in [7, 11) is 2.14. The molecule has 4 heteroatoms. The SMILES string of the molecule is CC(NCCN(C)Cc1ccccc1Br)c1ccco1. The largest absolute Gasteiger partial charge is 0.468 e. The third-order valence-electron chi connectivity index (χ3n) is 3.31. The molecule has 108 valence electrons. The molecule has 0 aliphatic rings. The maximum atomic E-state index is 5.38. The van der Waals surface area contributed by atoms with Gasteiger partial charge in [0.25, 0.3) is 0 Å². The zero-order chi connectivity index (χ0) is 14.4. The number of rotatable bonds is 7. The third-order valence-corrected chi connectivity index (χ3v) is 4.09. The van der Waals surface area contributed by atoms with Gasteiger partial charge in [-0.05, 0) is 37.7 Å². The molecular formula is C16H21BrN2O. The highest BCUT2D eigenvalue weighted by Gasteiger charge is 2.08. The van der Waals surface area contributed by atoms with Crippen molar-refractivity contribution in [2.24, 2.45) is 0 Å². The van der Waals surface area contributed by atoms with Crippen LogP contribution in [0.1, 0.15) is 24.3 Å². The summed E-state index contributed by atoms with van der Waals surface area (Å²) in [6.45, 7) is 4.99. The van der Waals surface area contributed by atoms with Crippen LogP contribution in [0.3, 0.4) is 0 Å². The van der Waals surface area contributed by atoms with E-state index in [1.807, 2.05) is 18.2 Å². The molecule has 1 heterocycles. The monoisotopic (exact) mass is 336 g/mol. The molecule has 1 unspecified atom stereocenters. The normalized spacial score (nSPS) is 12.8. The first kappa shape index (κ1) is 15.3. The smallest absolute Gasteiger partial charge is 0.120 e. The minimum atomic E-state index is 0.252. The van der Waals surface area contributed by atoms with E-state index in [1.165, 1.54) is 10.0 Å². The van der Waals surface area contributed by atoms with Crippen molar-refractivity contribution in [3.63, 3.8) is 0 Å². The van der Waals surface area contributed by atoms with Crippen LogP contribution in [0, 0.1) is 0 Å². The van der Waals surface area contributed by atoms with Gasteiger partial charge in [0, 0.05) is 24.1 Å². The number of nitrogens with zero attached hydrogens (tertiary/aromatic N) is 1. The van der Waals surface area contributed by atoms with Crippen LogP contribution in [-0.2, 0) is 6.54 Å². The lowest BCUT2D eigenvalue weighted by Crippen LogP contribution is -2.30. The Labute approximate surface area is 129 Å². The maximum absolute atomic E-state index is 5.38. The Kier molecular flexibility index (Phi) is 5.83. The van der Waals surface area contributed by atoms with Crippen LogP contribution in [0.25, 0.3) is 0 Å². The topological polar surface area (TPSA) is 28.4 Å². The summed E-state index contributed by atoms with van der Waals surface area (Å²) in [6.07, 6.45) is 1.71. The zero-order valence-electron chi connectivity index (χ0n) is 12.0. The van der Waals surface area contributed by atoms with E-state index in [2.05, 4.69) is 58.3 Å². The number of benzene rings is 1. The van der Waals surface area contributed by atoms with E-state index in [0.29, 0.717) is 0 Å². The van der Waals surface area contributed by atoms with Crippen LogP contribution in [0.2, 0.25) is 0 Å². The van der Waals surface area contributed by atoms with E-state index in [1.54, 1.807) is 6.26 Å². The summed E-state index contributed by atoms with van der Waals surface area (Å²) in [5.41, 5.74) is 1.31. The first-order chi connectivity index (χ1) is 9.66. The summed E-state index contributed by atoms with van der Waals surface area (Å²) in [4.78, 5) is 2.31. The van der Waals surface area contributed by atoms with Gasteiger partial charge in [-0.2, -0.15) is 0 Å². The number of hydrogen-bond donors (Lipinski definition) is 1. The van der Waals surface area contributed by atoms with E-state index in [0.717, 1.165) is 25.4 Å². The maximum Gasteiger partial charge on any atom is 0.120 e. The van der Waals surface area contributed by atoms with Gasteiger partial charge in [0.2, 0.25) is 0 Å². The molecule has 1 atom stereocenters. The molecule has 0 aliphatic heterocycles. The lowest BCUT2D eigenvalue weighted by molar-refractivity contribution is 0.312. The van der Waals surface area contributed by atoms with Crippen LogP contribution in [0.5, 0.6) is 0 Å². The molecule has 0 aliphatic carbocycles. The van der Waals surface area contributed by atoms with Crippen molar-refractivity contribution in [3.8, 4) is 0 Å². The molecule has 3 nitrogen and oxygen atoms in total. The molecule has 1 aromatic carbocycles. The standard InChI is InChI=1S/C16H21BrN2O/c1-13(16-8-5-11-20-16)18-9-10-19(2)12-14-6-3-4-7-15(14)17/h3-8,11,13,18H,9-10,12H2,1-2H3. The number of furan rings is 1. The fraction of sp³-hybridized carbons (Fsp3) is 0.375. The Morgan fingerprint density at radius 1 is 1.25 bits per heavy atom. The second-order valence-corrected chi connectivity index (χ2v) is 5.87. The van der Waals surface area contributed by atoms with Gasteiger partial charge < -0.3 is 14.6 Å². The number of nitrogens with one attached hydrogen (secondary N) is 1. The predicted molar refractivity (Wildman–Crippen MR) is 85.6 cm³/mol. The van der Waals surface area contributed by atoms with Crippen molar-refractivity contribution in [2.75, 3.05) is 20.1 Å². The molecule has 0 amide bonds. The van der Waals surface area contributed by atoms with Crippen molar-refractivity contribution >= 4 is 15.9 Å². The van der Waals surface area contributed by atoms with Gasteiger partial charge in [0.15, 0.2) is 0 Å². The van der Waals surface area contributed by atoms with Crippen LogP contribution >= 0.6 is 15.9 Å². The number of halogens is 1.